The van der Waals surface area contributed by atoms with E-state index in [1.54, 1.807) is 36.0 Å². The first-order valence-corrected chi connectivity index (χ1v) is 7.41. The molecular weight excluding hydrogens is 254 g/mol. The van der Waals surface area contributed by atoms with Crippen LogP contribution in [0.4, 0.5) is 0 Å². The molecule has 0 aliphatic carbocycles. The quantitative estimate of drug-likeness (QED) is 0.819. The van der Waals surface area contributed by atoms with Crippen LogP contribution >= 0.6 is 23.4 Å². The third kappa shape index (κ3) is 2.30. The van der Waals surface area contributed by atoms with Gasteiger partial charge in [-0.05, 0) is 24.3 Å². The fourth-order valence-electron chi connectivity index (χ4n) is 1.34. The van der Waals surface area contributed by atoms with Gasteiger partial charge in [0.2, 0.25) is 10.0 Å². The van der Waals surface area contributed by atoms with E-state index in [-0.39, 0.29) is 0 Å². The molecule has 6 heteroatoms. The van der Waals surface area contributed by atoms with Crippen LogP contribution in [0.3, 0.4) is 0 Å². The van der Waals surface area contributed by atoms with Crippen molar-refractivity contribution in [1.82, 2.24) is 4.31 Å². The average molecular weight is 264 g/mol. The number of halogens is 1. The molecule has 3 nitrogen and oxygen atoms in total. The summed E-state index contributed by atoms with van der Waals surface area (Å²) in [5.41, 5.74) is 0. The van der Waals surface area contributed by atoms with Crippen LogP contribution in [0.15, 0.2) is 29.2 Å². The molecule has 0 amide bonds. The Morgan fingerprint density at radius 3 is 2.47 bits per heavy atom. The van der Waals surface area contributed by atoms with E-state index in [4.69, 9.17) is 11.6 Å². The van der Waals surface area contributed by atoms with E-state index in [2.05, 4.69) is 0 Å². The smallest absolute Gasteiger partial charge is 0.207 e. The minimum Gasteiger partial charge on any atom is -0.207 e. The summed E-state index contributed by atoms with van der Waals surface area (Å²) in [7, 11) is -3.30. The molecule has 1 heterocycles. The second kappa shape index (κ2) is 4.33. The monoisotopic (exact) mass is 263 g/mol. The Bertz CT molecular complexity index is 438. The predicted molar refractivity (Wildman–Crippen MR) is 62.7 cm³/mol. The second-order valence-corrected chi connectivity index (χ2v) is 6.62. The summed E-state index contributed by atoms with van der Waals surface area (Å²) in [5, 5.41) is 0.546. The van der Waals surface area contributed by atoms with E-state index < -0.39 is 10.0 Å². The van der Waals surface area contributed by atoms with Gasteiger partial charge in [0.1, 0.15) is 0 Å². The van der Waals surface area contributed by atoms with Crippen LogP contribution in [0.5, 0.6) is 0 Å². The molecular formula is C9H10ClNO2S2. The van der Waals surface area contributed by atoms with E-state index in [9.17, 15) is 8.42 Å². The number of nitrogens with zero attached hydrogens (tertiary/aromatic N) is 1. The molecule has 1 aliphatic rings. The summed E-state index contributed by atoms with van der Waals surface area (Å²) in [6.07, 6.45) is 0. The van der Waals surface area contributed by atoms with E-state index in [1.165, 1.54) is 4.31 Å². The Labute approximate surface area is 98.5 Å². The van der Waals surface area contributed by atoms with Gasteiger partial charge in [-0.2, -0.15) is 4.31 Å². The van der Waals surface area contributed by atoms with E-state index >= 15 is 0 Å². The molecule has 1 saturated heterocycles. The number of rotatable bonds is 2. The van der Waals surface area contributed by atoms with E-state index in [0.29, 0.717) is 22.3 Å². The van der Waals surface area contributed by atoms with Crippen LogP contribution in [-0.4, -0.2) is 30.9 Å². The minimum atomic E-state index is -3.30. The van der Waals surface area contributed by atoms with Gasteiger partial charge in [-0.1, -0.05) is 11.6 Å². The maximum Gasteiger partial charge on any atom is 0.243 e. The van der Waals surface area contributed by atoms with Crippen molar-refractivity contribution >= 4 is 33.4 Å². The summed E-state index contributed by atoms with van der Waals surface area (Å²) in [6.45, 7) is 0.593. The molecule has 0 N–H and O–H groups in total. The first-order chi connectivity index (χ1) is 7.10. The van der Waals surface area contributed by atoms with Crippen LogP contribution < -0.4 is 0 Å². The first kappa shape index (κ1) is 11.3. The van der Waals surface area contributed by atoms with Crippen molar-refractivity contribution in [2.75, 3.05) is 18.2 Å². The average Bonchev–Trinajstić information content (AvgIpc) is 2.71. The topological polar surface area (TPSA) is 37.4 Å². The number of hydrogen-bond acceptors (Lipinski definition) is 3. The van der Waals surface area contributed by atoms with Crippen molar-refractivity contribution in [3.8, 4) is 0 Å². The van der Waals surface area contributed by atoms with Crippen LogP contribution in [0.25, 0.3) is 0 Å². The zero-order valence-electron chi connectivity index (χ0n) is 7.89. The fraction of sp³-hybridized carbons (Fsp3) is 0.333. The van der Waals surface area contributed by atoms with Crippen LogP contribution in [0, 0.1) is 0 Å². The highest BCUT2D eigenvalue weighted by atomic mass is 35.5. The number of sulfonamides is 1. The molecule has 0 unspecified atom stereocenters. The third-order valence-electron chi connectivity index (χ3n) is 2.17. The zero-order chi connectivity index (χ0) is 10.9. The SMILES string of the molecule is O=S(=O)(c1ccc(Cl)cc1)N1CCSC1. The van der Waals surface area contributed by atoms with Gasteiger partial charge in [-0.3, -0.25) is 0 Å². The Morgan fingerprint density at radius 2 is 1.93 bits per heavy atom. The molecule has 0 spiro atoms. The molecule has 0 bridgehead atoms. The summed E-state index contributed by atoms with van der Waals surface area (Å²) < 4.78 is 25.5. The van der Waals surface area contributed by atoms with Crippen LogP contribution in [-0.2, 0) is 10.0 Å². The van der Waals surface area contributed by atoms with Gasteiger partial charge < -0.3 is 0 Å². The Hall–Kier alpha value is -0.230. The van der Waals surface area contributed by atoms with Gasteiger partial charge in [0, 0.05) is 17.3 Å². The lowest BCUT2D eigenvalue weighted by atomic mass is 10.4. The van der Waals surface area contributed by atoms with Crippen molar-refractivity contribution in [3.63, 3.8) is 0 Å². The van der Waals surface area contributed by atoms with E-state index in [1.807, 2.05) is 0 Å². The molecule has 0 aromatic heterocycles. The summed E-state index contributed by atoms with van der Waals surface area (Å²) in [5.74, 6) is 1.41. The summed E-state index contributed by atoms with van der Waals surface area (Å²) >= 11 is 7.34. The lowest BCUT2D eigenvalue weighted by Gasteiger charge is -2.14. The van der Waals surface area contributed by atoms with Crippen molar-refractivity contribution in [3.05, 3.63) is 29.3 Å². The highest BCUT2D eigenvalue weighted by Crippen LogP contribution is 2.23. The van der Waals surface area contributed by atoms with Crippen molar-refractivity contribution in [2.45, 2.75) is 4.90 Å². The first-order valence-electron chi connectivity index (χ1n) is 4.44. The number of thioether (sulfide) groups is 1. The van der Waals surface area contributed by atoms with Crippen LogP contribution in [0.2, 0.25) is 5.02 Å². The summed E-state index contributed by atoms with van der Waals surface area (Å²) in [6, 6.07) is 6.27. The standard InChI is InChI=1S/C9H10ClNO2S2/c10-8-1-3-9(4-2-8)15(12,13)11-5-6-14-7-11/h1-4H,5-7H2. The largest absolute Gasteiger partial charge is 0.243 e. The fourth-order valence-corrected chi connectivity index (χ4v) is 4.28. The Kier molecular flexibility index (Phi) is 3.25. The lowest BCUT2D eigenvalue weighted by Crippen LogP contribution is -2.27. The summed E-state index contributed by atoms with van der Waals surface area (Å²) in [4.78, 5) is 0.314. The van der Waals surface area contributed by atoms with Crippen LogP contribution in [0.1, 0.15) is 0 Å². The van der Waals surface area contributed by atoms with E-state index in [0.717, 1.165) is 5.75 Å². The molecule has 1 aliphatic heterocycles. The van der Waals surface area contributed by atoms with Crippen molar-refractivity contribution < 1.29 is 8.42 Å². The molecule has 2 rings (SSSR count). The molecule has 1 aromatic rings. The highest BCUT2D eigenvalue weighted by Gasteiger charge is 2.27. The normalized spacial score (nSPS) is 18.2. The Morgan fingerprint density at radius 1 is 1.27 bits per heavy atom. The van der Waals surface area contributed by atoms with Gasteiger partial charge in [-0.25, -0.2) is 8.42 Å². The predicted octanol–water partition coefficient (Wildman–Crippen LogP) is 2.04. The molecule has 0 radical (unpaired) electrons. The molecule has 0 saturated carbocycles. The van der Waals surface area contributed by atoms with Gasteiger partial charge in [-0.15, -0.1) is 11.8 Å². The Balaban J connectivity index is 2.32. The lowest BCUT2D eigenvalue weighted by molar-refractivity contribution is 0.489. The molecule has 1 fully saturated rings. The van der Waals surface area contributed by atoms with Crippen molar-refractivity contribution in [1.29, 1.82) is 0 Å². The van der Waals surface area contributed by atoms with Gasteiger partial charge in [0.15, 0.2) is 0 Å². The molecule has 15 heavy (non-hydrogen) atoms. The van der Waals surface area contributed by atoms with Gasteiger partial charge in [0.25, 0.3) is 0 Å². The minimum absolute atomic E-state index is 0.314. The number of hydrogen-bond donors (Lipinski definition) is 0. The van der Waals surface area contributed by atoms with Gasteiger partial charge in [0.05, 0.1) is 10.8 Å². The van der Waals surface area contributed by atoms with Gasteiger partial charge >= 0.3 is 0 Å². The second-order valence-electron chi connectivity index (χ2n) is 3.17. The van der Waals surface area contributed by atoms with Crippen molar-refractivity contribution in [2.24, 2.45) is 0 Å². The molecule has 82 valence electrons. The third-order valence-corrected chi connectivity index (χ3v) is 5.41. The zero-order valence-corrected chi connectivity index (χ0v) is 10.3. The maximum atomic E-state index is 12.0. The molecule has 1 aromatic carbocycles. The maximum absolute atomic E-state index is 12.0. The number of benzene rings is 1. The highest BCUT2D eigenvalue weighted by molar-refractivity contribution is 8.00. The molecule has 0 atom stereocenters.